The molecule has 2 nitrogen and oxygen atoms in total. The number of hydrogen-bond donors (Lipinski definition) is 0. The first-order valence-electron chi connectivity index (χ1n) is 6.68. The highest BCUT2D eigenvalue weighted by molar-refractivity contribution is 5.26. The van der Waals surface area contributed by atoms with Crippen molar-refractivity contribution in [3.63, 3.8) is 0 Å². The van der Waals surface area contributed by atoms with E-state index in [1.54, 1.807) is 0 Å². The molecule has 1 aliphatic rings. The predicted molar refractivity (Wildman–Crippen MR) is 73.4 cm³/mol. The molecule has 2 heteroatoms. The van der Waals surface area contributed by atoms with E-state index in [0.717, 1.165) is 11.5 Å². The van der Waals surface area contributed by atoms with Gasteiger partial charge in [-0.1, -0.05) is 41.5 Å². The van der Waals surface area contributed by atoms with E-state index in [1.807, 2.05) is 13.8 Å². The minimum atomic E-state index is 0.0476. The average molecular weight is 234 g/mol. The van der Waals surface area contributed by atoms with Crippen LogP contribution in [0.4, 0.5) is 0 Å². The van der Waals surface area contributed by atoms with Gasteiger partial charge in [0, 0.05) is 16.5 Å². The third-order valence-corrected chi connectivity index (χ3v) is 3.14. The van der Waals surface area contributed by atoms with Crippen LogP contribution in [-0.2, 0) is 10.8 Å². The Bertz CT molecular complexity index is 361. The van der Waals surface area contributed by atoms with Gasteiger partial charge in [0.1, 0.15) is 5.82 Å². The average Bonchev–Trinajstić information content (AvgIpc) is 2.99. The first-order valence-corrected chi connectivity index (χ1v) is 6.68. The third kappa shape index (κ3) is 3.27. The van der Waals surface area contributed by atoms with E-state index in [4.69, 9.17) is 4.98 Å². The first kappa shape index (κ1) is 14.1. The van der Waals surface area contributed by atoms with Gasteiger partial charge >= 0.3 is 0 Å². The third-order valence-electron chi connectivity index (χ3n) is 3.14. The molecule has 1 aromatic heterocycles. The largest absolute Gasteiger partial charge is 0.238 e. The van der Waals surface area contributed by atoms with E-state index >= 15 is 0 Å². The summed E-state index contributed by atoms with van der Waals surface area (Å²) in [5.41, 5.74) is 2.72. The van der Waals surface area contributed by atoms with Crippen molar-refractivity contribution < 1.29 is 0 Å². The van der Waals surface area contributed by atoms with Crippen molar-refractivity contribution in [3.8, 4) is 0 Å². The second-order valence-corrected chi connectivity index (χ2v) is 6.03. The summed E-state index contributed by atoms with van der Waals surface area (Å²) in [7, 11) is 0. The molecule has 1 saturated carbocycles. The standard InChI is InChI=1S/C13H20N2.C2H6/c1-9-8-10(13(5)6-7-13)15-11(14-9)12(2,3)4;1-2/h8H,6-7H2,1-5H3;1-2H3. The first-order chi connectivity index (χ1) is 7.81. The van der Waals surface area contributed by atoms with Crippen molar-refractivity contribution in [3.05, 3.63) is 23.3 Å². The van der Waals surface area contributed by atoms with Crippen LogP contribution in [0.15, 0.2) is 6.07 Å². The molecule has 0 atom stereocenters. The van der Waals surface area contributed by atoms with Crippen molar-refractivity contribution >= 4 is 0 Å². The maximum absolute atomic E-state index is 4.73. The van der Waals surface area contributed by atoms with E-state index in [2.05, 4.69) is 45.7 Å². The van der Waals surface area contributed by atoms with Crippen LogP contribution < -0.4 is 0 Å². The van der Waals surface area contributed by atoms with Gasteiger partial charge in [-0.3, -0.25) is 0 Å². The van der Waals surface area contributed by atoms with Crippen molar-refractivity contribution in [1.29, 1.82) is 0 Å². The van der Waals surface area contributed by atoms with Crippen molar-refractivity contribution in [2.45, 2.75) is 72.1 Å². The second-order valence-electron chi connectivity index (χ2n) is 6.03. The zero-order valence-corrected chi connectivity index (χ0v) is 12.4. The molecular formula is C15H26N2. The molecule has 1 aliphatic carbocycles. The van der Waals surface area contributed by atoms with E-state index < -0.39 is 0 Å². The summed E-state index contributed by atoms with van der Waals surface area (Å²) < 4.78 is 0. The monoisotopic (exact) mass is 234 g/mol. The fraction of sp³-hybridized carbons (Fsp3) is 0.733. The van der Waals surface area contributed by atoms with Crippen LogP contribution in [0.3, 0.4) is 0 Å². The topological polar surface area (TPSA) is 25.8 Å². The summed E-state index contributed by atoms with van der Waals surface area (Å²) in [5, 5.41) is 0. The lowest BCUT2D eigenvalue weighted by Crippen LogP contribution is -2.19. The van der Waals surface area contributed by atoms with Gasteiger partial charge in [0.05, 0.1) is 5.69 Å². The van der Waals surface area contributed by atoms with E-state index in [1.165, 1.54) is 18.5 Å². The molecule has 0 aromatic carbocycles. The molecule has 0 amide bonds. The van der Waals surface area contributed by atoms with Gasteiger partial charge in [-0.15, -0.1) is 0 Å². The molecule has 0 unspecified atom stereocenters. The van der Waals surface area contributed by atoms with Crippen LogP contribution in [-0.4, -0.2) is 9.97 Å². The van der Waals surface area contributed by atoms with Gasteiger partial charge in [-0.05, 0) is 25.8 Å². The normalized spacial score (nSPS) is 17.1. The predicted octanol–water partition coefficient (Wildman–Crippen LogP) is 4.16. The van der Waals surface area contributed by atoms with Crippen molar-refractivity contribution in [1.82, 2.24) is 9.97 Å². The van der Waals surface area contributed by atoms with E-state index in [-0.39, 0.29) is 5.41 Å². The summed E-state index contributed by atoms with van der Waals surface area (Å²) >= 11 is 0. The summed E-state index contributed by atoms with van der Waals surface area (Å²) in [5.74, 6) is 0.977. The van der Waals surface area contributed by atoms with Crippen LogP contribution >= 0.6 is 0 Å². The molecule has 1 heterocycles. The highest BCUT2D eigenvalue weighted by Gasteiger charge is 2.41. The molecule has 0 aliphatic heterocycles. The minimum Gasteiger partial charge on any atom is -0.238 e. The lowest BCUT2D eigenvalue weighted by atomic mass is 9.94. The molecule has 17 heavy (non-hydrogen) atoms. The summed E-state index contributed by atoms with van der Waals surface area (Å²) in [6, 6.07) is 2.14. The van der Waals surface area contributed by atoms with Crippen LogP contribution in [0.5, 0.6) is 0 Å². The van der Waals surface area contributed by atoms with Gasteiger partial charge in [0.15, 0.2) is 0 Å². The Hall–Kier alpha value is -0.920. The summed E-state index contributed by atoms with van der Waals surface area (Å²) in [4.78, 5) is 9.26. The van der Waals surface area contributed by atoms with Gasteiger partial charge in [-0.2, -0.15) is 0 Å². The Labute approximate surface area is 106 Å². The maximum Gasteiger partial charge on any atom is 0.134 e. The highest BCUT2D eigenvalue weighted by atomic mass is 14.9. The van der Waals surface area contributed by atoms with Crippen LogP contribution in [0, 0.1) is 6.92 Å². The molecule has 0 saturated heterocycles. The van der Waals surface area contributed by atoms with Crippen LogP contribution in [0.2, 0.25) is 0 Å². The fourth-order valence-corrected chi connectivity index (χ4v) is 1.66. The molecule has 0 bridgehead atoms. The lowest BCUT2D eigenvalue weighted by Gasteiger charge is -2.19. The Morgan fingerprint density at radius 3 is 2.06 bits per heavy atom. The molecule has 96 valence electrons. The Balaban J connectivity index is 0.000000686. The zero-order chi connectivity index (χ0) is 13.3. The number of nitrogens with zero attached hydrogens (tertiary/aromatic N) is 2. The molecule has 1 fully saturated rings. The molecule has 0 spiro atoms. The maximum atomic E-state index is 4.73. The summed E-state index contributed by atoms with van der Waals surface area (Å²) in [6.45, 7) is 14.9. The number of hydrogen-bond acceptors (Lipinski definition) is 2. The fourth-order valence-electron chi connectivity index (χ4n) is 1.66. The van der Waals surface area contributed by atoms with E-state index in [9.17, 15) is 0 Å². The smallest absolute Gasteiger partial charge is 0.134 e. The Morgan fingerprint density at radius 1 is 1.12 bits per heavy atom. The number of aromatic nitrogens is 2. The quantitative estimate of drug-likeness (QED) is 0.729. The van der Waals surface area contributed by atoms with Gasteiger partial charge in [0.2, 0.25) is 0 Å². The molecule has 2 rings (SSSR count). The summed E-state index contributed by atoms with van der Waals surface area (Å²) in [6.07, 6.45) is 2.54. The van der Waals surface area contributed by atoms with E-state index in [0.29, 0.717) is 5.41 Å². The zero-order valence-electron chi connectivity index (χ0n) is 12.4. The number of rotatable bonds is 1. The lowest BCUT2D eigenvalue weighted by molar-refractivity contribution is 0.533. The van der Waals surface area contributed by atoms with Crippen LogP contribution in [0.1, 0.15) is 71.6 Å². The van der Waals surface area contributed by atoms with Crippen LogP contribution in [0.25, 0.3) is 0 Å². The minimum absolute atomic E-state index is 0.0476. The molecule has 0 N–H and O–H groups in total. The molecule has 1 aromatic rings. The van der Waals surface area contributed by atoms with Crippen molar-refractivity contribution in [2.24, 2.45) is 0 Å². The van der Waals surface area contributed by atoms with Gasteiger partial charge in [-0.25, -0.2) is 9.97 Å². The van der Waals surface area contributed by atoms with Crippen molar-refractivity contribution in [2.75, 3.05) is 0 Å². The Morgan fingerprint density at radius 2 is 1.65 bits per heavy atom. The van der Waals surface area contributed by atoms with Gasteiger partial charge < -0.3 is 0 Å². The highest BCUT2D eigenvalue weighted by Crippen LogP contribution is 2.47. The SMILES string of the molecule is CC.Cc1cc(C2(C)CC2)nc(C(C)(C)C)n1. The molecule has 0 radical (unpaired) electrons. The Kier molecular flexibility index (Phi) is 3.95. The molecular weight excluding hydrogens is 208 g/mol. The van der Waals surface area contributed by atoms with Gasteiger partial charge in [0.25, 0.3) is 0 Å². The number of aryl methyl sites for hydroxylation is 1. The second kappa shape index (κ2) is 4.75.